The van der Waals surface area contributed by atoms with E-state index < -0.39 is 15.8 Å². The number of hydrogen-bond donors (Lipinski definition) is 2. The maximum absolute atomic E-state index is 13.5. The number of benzene rings is 1. The molecule has 4 nitrogen and oxygen atoms in total. The van der Waals surface area contributed by atoms with Gasteiger partial charge in [-0.15, -0.1) is 0 Å². The minimum absolute atomic E-state index is 0.174. The summed E-state index contributed by atoms with van der Waals surface area (Å²) in [6.45, 7) is 1.98. The number of hydrogen-bond acceptors (Lipinski definition) is 3. The quantitative estimate of drug-likeness (QED) is 0.864. The third-order valence-electron chi connectivity index (χ3n) is 2.28. The third kappa shape index (κ3) is 3.74. The Bertz CT molecular complexity index is 489. The zero-order valence-corrected chi connectivity index (χ0v) is 11.7. The monoisotopic (exact) mass is 324 g/mol. The maximum atomic E-state index is 13.5. The van der Waals surface area contributed by atoms with E-state index >= 15 is 0 Å². The predicted molar refractivity (Wildman–Crippen MR) is 67.6 cm³/mol. The fourth-order valence-electron chi connectivity index (χ4n) is 1.27. The van der Waals surface area contributed by atoms with Crippen molar-refractivity contribution < 1.29 is 12.8 Å². The van der Waals surface area contributed by atoms with Crippen LogP contribution in [0.3, 0.4) is 0 Å². The van der Waals surface area contributed by atoms with Gasteiger partial charge in [0.2, 0.25) is 10.0 Å². The molecule has 0 saturated carbocycles. The molecule has 0 amide bonds. The first kappa shape index (κ1) is 14.6. The fourth-order valence-corrected chi connectivity index (χ4v) is 3.00. The van der Waals surface area contributed by atoms with Crippen LogP contribution < -0.4 is 10.5 Å². The molecule has 1 aromatic carbocycles. The van der Waals surface area contributed by atoms with Crippen LogP contribution >= 0.6 is 15.9 Å². The van der Waals surface area contributed by atoms with Gasteiger partial charge in [0, 0.05) is 17.1 Å². The highest BCUT2D eigenvalue weighted by atomic mass is 79.9. The lowest BCUT2D eigenvalue weighted by molar-refractivity contribution is 0.529. The lowest BCUT2D eigenvalue weighted by Gasteiger charge is -2.15. The van der Waals surface area contributed by atoms with E-state index in [1.165, 1.54) is 12.1 Å². The smallest absolute Gasteiger partial charge is 0.243 e. The summed E-state index contributed by atoms with van der Waals surface area (Å²) in [5.41, 5.74) is 5.40. The normalized spacial score (nSPS) is 13.6. The van der Waals surface area contributed by atoms with Crippen molar-refractivity contribution in [1.82, 2.24) is 4.72 Å². The summed E-state index contributed by atoms with van der Waals surface area (Å²) in [4.78, 5) is -0.368. The fraction of sp³-hybridized carbons (Fsp3) is 0.400. The summed E-state index contributed by atoms with van der Waals surface area (Å²) < 4.78 is 40.1. The molecule has 1 rings (SSSR count). The molecule has 0 fully saturated rings. The van der Waals surface area contributed by atoms with Gasteiger partial charge in [0.15, 0.2) is 0 Å². The lowest BCUT2D eigenvalue weighted by Crippen LogP contribution is -2.39. The summed E-state index contributed by atoms with van der Waals surface area (Å²) in [6, 6.07) is 3.41. The van der Waals surface area contributed by atoms with Crippen molar-refractivity contribution in [3.8, 4) is 0 Å². The van der Waals surface area contributed by atoms with Gasteiger partial charge in [-0.05, 0) is 24.6 Å². The van der Waals surface area contributed by atoms with E-state index in [9.17, 15) is 12.8 Å². The van der Waals surface area contributed by atoms with Crippen molar-refractivity contribution in [2.45, 2.75) is 24.3 Å². The molecule has 1 aromatic rings. The third-order valence-corrected chi connectivity index (χ3v) is 4.33. The molecule has 1 unspecified atom stereocenters. The van der Waals surface area contributed by atoms with E-state index in [1.807, 2.05) is 0 Å². The van der Waals surface area contributed by atoms with Crippen LogP contribution in [0.5, 0.6) is 0 Å². The van der Waals surface area contributed by atoms with Gasteiger partial charge in [0.25, 0.3) is 0 Å². The molecule has 96 valence electrons. The molecule has 17 heavy (non-hydrogen) atoms. The van der Waals surface area contributed by atoms with Gasteiger partial charge >= 0.3 is 0 Å². The number of nitrogens with one attached hydrogen (secondary N) is 1. The minimum Gasteiger partial charge on any atom is -0.329 e. The highest BCUT2D eigenvalue weighted by molar-refractivity contribution is 9.10. The first-order chi connectivity index (χ1) is 7.90. The van der Waals surface area contributed by atoms with E-state index in [4.69, 9.17) is 5.73 Å². The van der Waals surface area contributed by atoms with Crippen molar-refractivity contribution in [2.24, 2.45) is 5.73 Å². The molecule has 0 radical (unpaired) electrons. The summed E-state index contributed by atoms with van der Waals surface area (Å²) in [6.07, 6.45) is 0.549. The largest absolute Gasteiger partial charge is 0.329 e. The molecule has 0 aromatic heterocycles. The second kappa shape index (κ2) is 5.90. The first-order valence-corrected chi connectivity index (χ1v) is 7.35. The van der Waals surface area contributed by atoms with Crippen LogP contribution in [0.1, 0.15) is 13.3 Å². The van der Waals surface area contributed by atoms with E-state index in [2.05, 4.69) is 20.7 Å². The Balaban J connectivity index is 3.05. The van der Waals surface area contributed by atoms with Crippen molar-refractivity contribution in [1.29, 1.82) is 0 Å². The van der Waals surface area contributed by atoms with Gasteiger partial charge in [-0.3, -0.25) is 0 Å². The summed E-state index contributed by atoms with van der Waals surface area (Å²) in [5, 5.41) is 0. The van der Waals surface area contributed by atoms with Gasteiger partial charge < -0.3 is 5.73 Å². The zero-order valence-electron chi connectivity index (χ0n) is 9.28. The molecule has 0 aliphatic rings. The Morgan fingerprint density at radius 2 is 2.18 bits per heavy atom. The molecule has 0 bridgehead atoms. The van der Waals surface area contributed by atoms with Crippen LogP contribution in [-0.2, 0) is 10.0 Å². The average molecular weight is 325 g/mol. The summed E-state index contributed by atoms with van der Waals surface area (Å²) in [5.74, 6) is -0.793. The molecule has 0 aliphatic carbocycles. The van der Waals surface area contributed by atoms with Crippen molar-refractivity contribution in [3.63, 3.8) is 0 Å². The minimum atomic E-state index is -3.86. The Morgan fingerprint density at radius 1 is 1.53 bits per heavy atom. The Kier molecular flexibility index (Phi) is 5.05. The van der Waals surface area contributed by atoms with Crippen LogP contribution in [0.2, 0.25) is 0 Å². The van der Waals surface area contributed by atoms with Crippen LogP contribution in [0.4, 0.5) is 4.39 Å². The summed E-state index contributed by atoms with van der Waals surface area (Å²) >= 11 is 3.07. The van der Waals surface area contributed by atoms with E-state index in [0.717, 1.165) is 6.07 Å². The molecule has 7 heteroatoms. The zero-order chi connectivity index (χ0) is 13.1. The number of nitrogens with two attached hydrogens (primary N) is 1. The first-order valence-electron chi connectivity index (χ1n) is 5.08. The molecular formula is C10H14BrFN2O2S. The SMILES string of the molecule is CCC(CN)NS(=O)(=O)c1ccc(Br)cc1F. The molecule has 3 N–H and O–H groups in total. The predicted octanol–water partition coefficient (Wildman–Crippen LogP) is 1.60. The Hall–Kier alpha value is -0.500. The van der Waals surface area contributed by atoms with Crippen LogP contribution in [0, 0.1) is 5.82 Å². The van der Waals surface area contributed by atoms with Gasteiger partial charge in [-0.2, -0.15) is 0 Å². The number of halogens is 2. The summed E-state index contributed by atoms with van der Waals surface area (Å²) in [7, 11) is -3.86. The maximum Gasteiger partial charge on any atom is 0.243 e. The molecule has 0 saturated heterocycles. The standard InChI is InChI=1S/C10H14BrFN2O2S/c1-2-8(6-13)14-17(15,16)10-4-3-7(11)5-9(10)12/h3-5,8,14H,2,6,13H2,1H3. The van der Waals surface area contributed by atoms with Crippen LogP contribution in [-0.4, -0.2) is 21.0 Å². The second-order valence-corrected chi connectivity index (χ2v) is 6.13. The molecule has 0 heterocycles. The molecule has 0 aliphatic heterocycles. The average Bonchev–Trinajstić information content (AvgIpc) is 2.25. The number of rotatable bonds is 5. The Labute approximate surface area is 109 Å². The van der Waals surface area contributed by atoms with E-state index in [1.54, 1.807) is 6.92 Å². The highest BCUT2D eigenvalue weighted by Gasteiger charge is 2.21. The lowest BCUT2D eigenvalue weighted by atomic mass is 10.2. The van der Waals surface area contributed by atoms with Gasteiger partial charge in [-0.1, -0.05) is 22.9 Å². The molecular weight excluding hydrogens is 311 g/mol. The van der Waals surface area contributed by atoms with Crippen molar-refractivity contribution in [3.05, 3.63) is 28.5 Å². The second-order valence-electron chi connectivity index (χ2n) is 3.54. The van der Waals surface area contributed by atoms with Gasteiger partial charge in [0.05, 0.1) is 0 Å². The topological polar surface area (TPSA) is 72.2 Å². The van der Waals surface area contributed by atoms with Crippen LogP contribution in [0.25, 0.3) is 0 Å². The molecule has 1 atom stereocenters. The van der Waals surface area contributed by atoms with E-state index in [0.29, 0.717) is 10.9 Å². The highest BCUT2D eigenvalue weighted by Crippen LogP contribution is 2.19. The van der Waals surface area contributed by atoms with Gasteiger partial charge in [0.1, 0.15) is 10.7 Å². The number of sulfonamides is 1. The van der Waals surface area contributed by atoms with Crippen molar-refractivity contribution in [2.75, 3.05) is 6.54 Å². The molecule has 0 spiro atoms. The van der Waals surface area contributed by atoms with Crippen molar-refractivity contribution >= 4 is 26.0 Å². The van der Waals surface area contributed by atoms with E-state index in [-0.39, 0.29) is 17.5 Å². The van der Waals surface area contributed by atoms with Gasteiger partial charge in [-0.25, -0.2) is 17.5 Å². The Morgan fingerprint density at radius 3 is 2.65 bits per heavy atom. The van der Waals surface area contributed by atoms with Crippen LogP contribution in [0.15, 0.2) is 27.6 Å².